The number of nitrogens with zero attached hydrogens (tertiary/aromatic N) is 3. The second-order valence-corrected chi connectivity index (χ2v) is 9.43. The van der Waals surface area contributed by atoms with E-state index < -0.39 is 6.43 Å². The van der Waals surface area contributed by atoms with Gasteiger partial charge < -0.3 is 20.9 Å². The zero-order chi connectivity index (χ0) is 23.7. The van der Waals surface area contributed by atoms with Gasteiger partial charge in [-0.25, -0.2) is 8.78 Å². The summed E-state index contributed by atoms with van der Waals surface area (Å²) in [6.07, 6.45) is 5.48. The van der Waals surface area contributed by atoms with E-state index in [1.165, 1.54) is 0 Å². The van der Waals surface area contributed by atoms with Crippen LogP contribution in [-0.4, -0.2) is 54.4 Å². The molecule has 9 heteroatoms. The van der Waals surface area contributed by atoms with Crippen molar-refractivity contribution in [3.8, 4) is 11.1 Å². The molecule has 7 nitrogen and oxygen atoms in total. The van der Waals surface area contributed by atoms with Gasteiger partial charge in [0.05, 0.1) is 6.20 Å². The Balaban J connectivity index is 1.49. The number of alkyl halides is 2. The fourth-order valence-corrected chi connectivity index (χ4v) is 5.32. The summed E-state index contributed by atoms with van der Waals surface area (Å²) in [7, 11) is 1.79. The van der Waals surface area contributed by atoms with E-state index >= 15 is 0 Å². The van der Waals surface area contributed by atoms with Crippen LogP contribution in [0.25, 0.3) is 11.1 Å². The number of piperidine rings is 1. The molecule has 3 aliphatic rings. The summed E-state index contributed by atoms with van der Waals surface area (Å²) >= 11 is 0. The lowest BCUT2D eigenvalue weighted by Crippen LogP contribution is -2.45. The van der Waals surface area contributed by atoms with Gasteiger partial charge in [-0.05, 0) is 62.0 Å². The monoisotopic (exact) mass is 469 g/mol. The third-order valence-electron chi connectivity index (χ3n) is 7.11. The Labute approximate surface area is 199 Å². The maximum Gasteiger partial charge on any atom is 0.264 e. The van der Waals surface area contributed by atoms with Crippen molar-refractivity contribution >= 4 is 11.5 Å². The molecule has 0 unspecified atom stereocenters. The summed E-state index contributed by atoms with van der Waals surface area (Å²) in [6, 6.07) is 3.90. The molecule has 0 bridgehead atoms. The molecule has 4 N–H and O–H groups in total. The maximum absolute atomic E-state index is 14.2. The molecule has 1 fully saturated rings. The number of amidine groups is 1. The van der Waals surface area contributed by atoms with E-state index in [0.29, 0.717) is 36.1 Å². The van der Waals surface area contributed by atoms with Crippen molar-refractivity contribution in [2.45, 2.75) is 44.6 Å². The summed E-state index contributed by atoms with van der Waals surface area (Å²) < 4.78 is 30.0. The van der Waals surface area contributed by atoms with Gasteiger partial charge in [-0.3, -0.25) is 10.1 Å². The van der Waals surface area contributed by atoms with Crippen LogP contribution in [0.1, 0.15) is 43.2 Å². The minimum atomic E-state index is -2.61. The van der Waals surface area contributed by atoms with E-state index in [9.17, 15) is 8.78 Å². The Bertz CT molecular complexity index is 1080. The van der Waals surface area contributed by atoms with Crippen molar-refractivity contribution in [2.75, 3.05) is 37.6 Å². The first kappa shape index (κ1) is 23.0. The molecule has 0 saturated carbocycles. The van der Waals surface area contributed by atoms with Gasteiger partial charge in [0.1, 0.15) is 5.84 Å². The van der Waals surface area contributed by atoms with Crippen LogP contribution in [0.3, 0.4) is 0 Å². The van der Waals surface area contributed by atoms with Gasteiger partial charge in [0.15, 0.2) is 0 Å². The third-order valence-corrected chi connectivity index (χ3v) is 7.11. The second-order valence-electron chi connectivity index (χ2n) is 9.43. The molecule has 2 aromatic rings. The number of aromatic nitrogens is 2. The fraction of sp³-hybridized carbons (Fsp3) is 0.520. The van der Waals surface area contributed by atoms with Crippen molar-refractivity contribution in [1.82, 2.24) is 25.7 Å². The molecular weight excluding hydrogens is 436 g/mol. The van der Waals surface area contributed by atoms with Crippen LogP contribution < -0.4 is 20.9 Å². The highest BCUT2D eigenvalue weighted by atomic mass is 19.3. The number of hydrogen-bond acceptors (Lipinski definition) is 5. The van der Waals surface area contributed by atoms with E-state index in [2.05, 4.69) is 21.0 Å². The number of benzene rings is 1. The largest absolute Gasteiger partial charge is 0.385 e. The highest BCUT2D eigenvalue weighted by molar-refractivity contribution is 6.09. The quantitative estimate of drug-likeness (QED) is 0.399. The van der Waals surface area contributed by atoms with Gasteiger partial charge in [0, 0.05) is 73.4 Å². The number of nitrogens with one attached hydrogen (secondary N) is 4. The van der Waals surface area contributed by atoms with Gasteiger partial charge in [0.25, 0.3) is 6.43 Å². The number of halogens is 2. The lowest BCUT2D eigenvalue weighted by atomic mass is 9.92. The summed E-state index contributed by atoms with van der Waals surface area (Å²) in [5, 5.41) is 23.8. The molecule has 0 radical (unpaired) electrons. The van der Waals surface area contributed by atoms with Crippen LogP contribution >= 0.6 is 0 Å². The molecule has 3 aliphatic heterocycles. The highest BCUT2D eigenvalue weighted by Gasteiger charge is 2.29. The average molecular weight is 470 g/mol. The molecular formula is C25H33F2N7. The SMILES string of the molecule is Cn1cc(-c2cc3c(cc2C(F)F)N(C(=N)C2=C(NC4CCNCC4)CCNC2)CCC3)cn1. The van der Waals surface area contributed by atoms with Gasteiger partial charge in [-0.2, -0.15) is 5.10 Å². The molecule has 0 atom stereocenters. The molecule has 1 aromatic carbocycles. The van der Waals surface area contributed by atoms with Gasteiger partial charge >= 0.3 is 0 Å². The smallest absolute Gasteiger partial charge is 0.264 e. The molecule has 34 heavy (non-hydrogen) atoms. The van der Waals surface area contributed by atoms with Crippen molar-refractivity contribution in [2.24, 2.45) is 7.05 Å². The van der Waals surface area contributed by atoms with Crippen molar-refractivity contribution in [1.29, 1.82) is 5.41 Å². The van der Waals surface area contributed by atoms with Gasteiger partial charge in [0.2, 0.25) is 0 Å². The van der Waals surface area contributed by atoms with Crippen LogP contribution in [-0.2, 0) is 13.5 Å². The maximum atomic E-state index is 14.2. The molecule has 5 rings (SSSR count). The second kappa shape index (κ2) is 9.84. The summed E-state index contributed by atoms with van der Waals surface area (Å²) in [5.41, 5.74) is 5.05. The van der Waals surface area contributed by atoms with Crippen LogP contribution in [0.15, 0.2) is 35.8 Å². The summed E-state index contributed by atoms with van der Waals surface area (Å²) in [6.45, 7) is 4.17. The Morgan fingerprint density at radius 2 is 2.00 bits per heavy atom. The van der Waals surface area contributed by atoms with Crippen LogP contribution in [0.4, 0.5) is 14.5 Å². The molecule has 0 spiro atoms. The van der Waals surface area contributed by atoms with Crippen molar-refractivity contribution in [3.05, 3.63) is 46.9 Å². The number of fused-ring (bicyclic) bond motifs is 1. The normalized spacial score (nSPS) is 19.5. The predicted octanol–water partition coefficient (Wildman–Crippen LogP) is 3.34. The van der Waals surface area contributed by atoms with Crippen molar-refractivity contribution < 1.29 is 8.78 Å². The molecule has 0 aliphatic carbocycles. The molecule has 0 amide bonds. The number of rotatable bonds is 5. The number of aryl methyl sites for hydroxylation is 2. The fourth-order valence-electron chi connectivity index (χ4n) is 5.32. The molecule has 4 heterocycles. The lowest BCUT2D eigenvalue weighted by molar-refractivity contribution is 0.152. The minimum Gasteiger partial charge on any atom is -0.385 e. The molecule has 1 saturated heterocycles. The standard InChI is InChI=1S/C25H33F2N7/c1-33-15-17(13-31-33)19-11-16-3-2-10-34(23(16)12-20(19)24(26)27)25(28)21-14-30-9-6-22(21)32-18-4-7-29-8-5-18/h11-13,15,18,24,28-30,32H,2-10,14H2,1H3. The van der Waals surface area contributed by atoms with Gasteiger partial charge in [-0.15, -0.1) is 0 Å². The van der Waals surface area contributed by atoms with E-state index in [1.54, 1.807) is 30.2 Å². The van der Waals surface area contributed by atoms with E-state index in [1.807, 2.05) is 11.0 Å². The van der Waals surface area contributed by atoms with Crippen LogP contribution in [0.2, 0.25) is 0 Å². The Morgan fingerprint density at radius 3 is 2.74 bits per heavy atom. The average Bonchev–Trinajstić information content (AvgIpc) is 3.29. The lowest BCUT2D eigenvalue weighted by Gasteiger charge is -2.36. The minimum absolute atomic E-state index is 0.00440. The molecule has 1 aromatic heterocycles. The Hall–Kier alpha value is -2.78. The summed E-state index contributed by atoms with van der Waals surface area (Å²) in [5.74, 6) is 0.416. The Morgan fingerprint density at radius 1 is 1.18 bits per heavy atom. The van der Waals surface area contributed by atoms with E-state index in [-0.39, 0.29) is 5.56 Å². The van der Waals surface area contributed by atoms with E-state index in [4.69, 9.17) is 5.41 Å². The number of anilines is 1. The summed E-state index contributed by atoms with van der Waals surface area (Å²) in [4.78, 5) is 1.93. The van der Waals surface area contributed by atoms with Crippen molar-refractivity contribution in [3.63, 3.8) is 0 Å². The highest BCUT2D eigenvalue weighted by Crippen LogP contribution is 2.39. The zero-order valence-corrected chi connectivity index (χ0v) is 19.6. The Kier molecular flexibility index (Phi) is 6.65. The first-order valence-corrected chi connectivity index (χ1v) is 12.2. The van der Waals surface area contributed by atoms with Crippen LogP contribution in [0.5, 0.6) is 0 Å². The third kappa shape index (κ3) is 4.59. The van der Waals surface area contributed by atoms with Gasteiger partial charge in [-0.1, -0.05) is 0 Å². The first-order valence-electron chi connectivity index (χ1n) is 12.2. The van der Waals surface area contributed by atoms with Crippen LogP contribution in [0, 0.1) is 5.41 Å². The van der Waals surface area contributed by atoms with E-state index in [0.717, 1.165) is 74.3 Å². The molecule has 182 valence electrons. The predicted molar refractivity (Wildman–Crippen MR) is 131 cm³/mol. The number of hydrogen-bond donors (Lipinski definition) is 4. The topological polar surface area (TPSA) is 81.0 Å². The zero-order valence-electron chi connectivity index (χ0n) is 19.6. The first-order chi connectivity index (χ1) is 16.5.